The summed E-state index contributed by atoms with van der Waals surface area (Å²) in [5.74, 6) is 0. The van der Waals surface area contributed by atoms with Crippen LogP contribution in [0.2, 0.25) is 0 Å². The summed E-state index contributed by atoms with van der Waals surface area (Å²) in [5.41, 5.74) is 1.18. The van der Waals surface area contributed by atoms with Crippen molar-refractivity contribution in [2.75, 3.05) is 6.61 Å². The van der Waals surface area contributed by atoms with E-state index in [1.54, 1.807) is 13.1 Å². The van der Waals surface area contributed by atoms with Crippen molar-refractivity contribution >= 4 is 12.3 Å². The molecule has 16 heavy (non-hydrogen) atoms. The molecule has 1 aromatic carbocycles. The Morgan fingerprint density at radius 3 is 2.94 bits per heavy atom. The number of carbonyl (C=O) groups is 1. The van der Waals surface area contributed by atoms with Crippen LogP contribution in [0, 0.1) is 0 Å². The van der Waals surface area contributed by atoms with Gasteiger partial charge in [0, 0.05) is 6.21 Å². The number of hydrazone groups is 1. The van der Waals surface area contributed by atoms with Gasteiger partial charge in [0.2, 0.25) is 0 Å². The van der Waals surface area contributed by atoms with Crippen LogP contribution in [0.25, 0.3) is 0 Å². The third-order valence-electron chi connectivity index (χ3n) is 2.49. The van der Waals surface area contributed by atoms with E-state index in [1.165, 1.54) is 10.6 Å². The number of amides is 1. The zero-order chi connectivity index (χ0) is 11.4. The van der Waals surface area contributed by atoms with Gasteiger partial charge in [-0.2, -0.15) is 10.1 Å². The fourth-order valence-electron chi connectivity index (χ4n) is 1.75. The SMILES string of the molecule is C/C=N/N1C(=O)OC[C@@H]1Cc1ccccc1. The summed E-state index contributed by atoms with van der Waals surface area (Å²) in [4.78, 5) is 11.4. The first-order valence-corrected chi connectivity index (χ1v) is 5.30. The van der Waals surface area contributed by atoms with E-state index >= 15 is 0 Å². The van der Waals surface area contributed by atoms with E-state index < -0.39 is 0 Å². The van der Waals surface area contributed by atoms with Crippen molar-refractivity contribution in [2.24, 2.45) is 5.10 Å². The Kier molecular flexibility index (Phi) is 3.19. The highest BCUT2D eigenvalue weighted by molar-refractivity contribution is 5.71. The maximum atomic E-state index is 11.4. The summed E-state index contributed by atoms with van der Waals surface area (Å²) in [6.07, 6.45) is 2.01. The average Bonchev–Trinajstić information content (AvgIpc) is 2.64. The van der Waals surface area contributed by atoms with Crippen LogP contribution in [-0.4, -0.2) is 30.0 Å². The summed E-state index contributed by atoms with van der Waals surface area (Å²) < 4.78 is 4.98. The molecule has 1 saturated heterocycles. The summed E-state index contributed by atoms with van der Waals surface area (Å²) in [5, 5.41) is 5.43. The molecule has 0 N–H and O–H groups in total. The Bertz CT molecular complexity index is 389. The number of benzene rings is 1. The first-order valence-electron chi connectivity index (χ1n) is 5.30. The van der Waals surface area contributed by atoms with Gasteiger partial charge in [-0.25, -0.2) is 4.79 Å². The van der Waals surface area contributed by atoms with Crippen LogP contribution in [0.4, 0.5) is 4.79 Å². The molecule has 1 amide bonds. The van der Waals surface area contributed by atoms with Gasteiger partial charge in [-0.3, -0.25) is 0 Å². The molecule has 0 spiro atoms. The van der Waals surface area contributed by atoms with Crippen molar-refractivity contribution in [1.29, 1.82) is 0 Å². The molecule has 0 unspecified atom stereocenters. The maximum Gasteiger partial charge on any atom is 0.430 e. The molecule has 1 heterocycles. The molecular formula is C12H14N2O2. The van der Waals surface area contributed by atoms with E-state index in [-0.39, 0.29) is 12.1 Å². The molecule has 1 fully saturated rings. The fourth-order valence-corrected chi connectivity index (χ4v) is 1.75. The lowest BCUT2D eigenvalue weighted by atomic mass is 10.1. The van der Waals surface area contributed by atoms with Crippen molar-refractivity contribution in [3.63, 3.8) is 0 Å². The van der Waals surface area contributed by atoms with E-state index in [2.05, 4.69) is 5.10 Å². The van der Waals surface area contributed by atoms with Crippen LogP contribution in [0.1, 0.15) is 12.5 Å². The van der Waals surface area contributed by atoms with Crippen LogP contribution >= 0.6 is 0 Å². The van der Waals surface area contributed by atoms with Crippen LogP contribution in [-0.2, 0) is 11.2 Å². The standard InChI is InChI=1S/C12H14N2O2/c1-2-13-14-11(9-16-12(14)15)8-10-6-4-3-5-7-10/h2-7,11H,8-9H2,1H3/b13-2+/t11-/m0/s1. The highest BCUT2D eigenvalue weighted by atomic mass is 16.6. The Hall–Kier alpha value is -1.84. The quantitative estimate of drug-likeness (QED) is 0.729. The normalized spacial score (nSPS) is 20.4. The van der Waals surface area contributed by atoms with Crippen molar-refractivity contribution in [3.8, 4) is 0 Å². The van der Waals surface area contributed by atoms with Gasteiger partial charge in [-0.1, -0.05) is 30.3 Å². The van der Waals surface area contributed by atoms with Crippen LogP contribution in [0.3, 0.4) is 0 Å². The number of ether oxygens (including phenoxy) is 1. The molecule has 4 nitrogen and oxygen atoms in total. The number of cyclic esters (lactones) is 1. The molecule has 84 valence electrons. The lowest BCUT2D eigenvalue weighted by molar-refractivity contribution is 0.159. The minimum atomic E-state index is -0.362. The van der Waals surface area contributed by atoms with Gasteiger partial charge in [0.25, 0.3) is 0 Å². The summed E-state index contributed by atoms with van der Waals surface area (Å²) in [6, 6.07) is 10.0. The molecule has 4 heteroatoms. The number of nitrogens with zero attached hydrogens (tertiary/aromatic N) is 2. The van der Waals surface area contributed by atoms with Crippen LogP contribution in [0.15, 0.2) is 35.4 Å². The number of rotatable bonds is 3. The Morgan fingerprint density at radius 2 is 2.25 bits per heavy atom. The second-order valence-corrected chi connectivity index (χ2v) is 3.64. The largest absolute Gasteiger partial charge is 0.446 e. The second kappa shape index (κ2) is 4.79. The van der Waals surface area contributed by atoms with E-state index in [0.717, 1.165) is 6.42 Å². The molecule has 0 bridgehead atoms. The monoisotopic (exact) mass is 218 g/mol. The van der Waals surface area contributed by atoms with Crippen molar-refractivity contribution < 1.29 is 9.53 Å². The molecule has 1 aromatic rings. The van der Waals surface area contributed by atoms with Crippen molar-refractivity contribution in [1.82, 2.24) is 5.01 Å². The Balaban J connectivity index is 2.07. The number of carbonyl (C=O) groups excluding carboxylic acids is 1. The lowest BCUT2D eigenvalue weighted by Crippen LogP contribution is -2.30. The molecule has 0 aromatic heterocycles. The van der Waals surface area contributed by atoms with E-state index in [0.29, 0.717) is 6.61 Å². The van der Waals surface area contributed by atoms with Gasteiger partial charge in [-0.15, -0.1) is 0 Å². The summed E-state index contributed by atoms with van der Waals surface area (Å²) in [7, 11) is 0. The predicted molar refractivity (Wildman–Crippen MR) is 61.3 cm³/mol. The van der Waals surface area contributed by atoms with Gasteiger partial charge >= 0.3 is 6.09 Å². The summed E-state index contributed by atoms with van der Waals surface area (Å²) in [6.45, 7) is 2.19. The highest BCUT2D eigenvalue weighted by Gasteiger charge is 2.32. The van der Waals surface area contributed by atoms with Gasteiger partial charge in [0.15, 0.2) is 0 Å². The van der Waals surface area contributed by atoms with Gasteiger partial charge in [0.05, 0.1) is 6.04 Å². The molecule has 1 aliphatic heterocycles. The van der Waals surface area contributed by atoms with E-state index in [9.17, 15) is 4.79 Å². The fraction of sp³-hybridized carbons (Fsp3) is 0.333. The Morgan fingerprint density at radius 1 is 1.50 bits per heavy atom. The first-order chi connectivity index (χ1) is 7.81. The second-order valence-electron chi connectivity index (χ2n) is 3.64. The molecule has 2 rings (SSSR count). The molecule has 1 atom stereocenters. The van der Waals surface area contributed by atoms with Crippen LogP contribution in [0.5, 0.6) is 0 Å². The minimum Gasteiger partial charge on any atom is -0.446 e. The smallest absolute Gasteiger partial charge is 0.430 e. The third-order valence-corrected chi connectivity index (χ3v) is 2.49. The van der Waals surface area contributed by atoms with Gasteiger partial charge in [0.1, 0.15) is 6.61 Å². The lowest BCUT2D eigenvalue weighted by Gasteiger charge is -2.15. The van der Waals surface area contributed by atoms with Crippen molar-refractivity contribution in [2.45, 2.75) is 19.4 Å². The molecule has 0 aliphatic carbocycles. The average molecular weight is 218 g/mol. The van der Waals surface area contributed by atoms with Gasteiger partial charge in [-0.05, 0) is 18.9 Å². The minimum absolute atomic E-state index is 0.00565. The van der Waals surface area contributed by atoms with E-state index in [4.69, 9.17) is 4.74 Å². The highest BCUT2D eigenvalue weighted by Crippen LogP contribution is 2.17. The van der Waals surface area contributed by atoms with Gasteiger partial charge < -0.3 is 4.74 Å². The zero-order valence-electron chi connectivity index (χ0n) is 9.17. The Labute approximate surface area is 94.5 Å². The zero-order valence-corrected chi connectivity index (χ0v) is 9.17. The van der Waals surface area contributed by atoms with Crippen LogP contribution < -0.4 is 0 Å². The molecule has 0 saturated carbocycles. The summed E-state index contributed by atoms with van der Waals surface area (Å²) >= 11 is 0. The molecule has 0 radical (unpaired) electrons. The van der Waals surface area contributed by atoms with Crippen molar-refractivity contribution in [3.05, 3.63) is 35.9 Å². The topological polar surface area (TPSA) is 41.9 Å². The molecular weight excluding hydrogens is 204 g/mol. The number of hydrogen-bond acceptors (Lipinski definition) is 3. The first kappa shape index (κ1) is 10.7. The maximum absolute atomic E-state index is 11.4. The third kappa shape index (κ3) is 2.21. The van der Waals surface area contributed by atoms with E-state index in [1.807, 2.05) is 30.3 Å². The predicted octanol–water partition coefficient (Wildman–Crippen LogP) is 2.06. The molecule has 1 aliphatic rings. The number of hydrogen-bond donors (Lipinski definition) is 0.